The number of carbonyl (C=O) groups is 11. The van der Waals surface area contributed by atoms with Crippen molar-refractivity contribution < 1.29 is 83.4 Å². The van der Waals surface area contributed by atoms with Crippen molar-refractivity contribution in [2.24, 2.45) is 23.1 Å². The van der Waals surface area contributed by atoms with Gasteiger partial charge in [-0.25, -0.2) is 4.79 Å². The van der Waals surface area contributed by atoms with Gasteiger partial charge in [-0.1, -0.05) is 56.7 Å². The number of amides is 10. The molecule has 1 heterocycles. The smallest absolute Gasteiger partial charge is 0.328 e. The molecule has 0 radical (unpaired) electrons. The Bertz CT molecular complexity index is 2770. The lowest BCUT2D eigenvalue weighted by Crippen LogP contribution is -2.62. The minimum atomic E-state index is -1.80. The van der Waals surface area contributed by atoms with Crippen molar-refractivity contribution in [2.75, 3.05) is 13.2 Å². The van der Waals surface area contributed by atoms with Gasteiger partial charge in [-0.3, -0.25) is 47.9 Å². The van der Waals surface area contributed by atoms with Gasteiger partial charge in [0.05, 0.1) is 18.8 Å². The quantitative estimate of drug-likeness (QED) is 0.0289. The Balaban J connectivity index is 1.60. The Hall–Kier alpha value is -8.89. The predicted octanol–water partition coefficient (Wildman–Crippen LogP) is -3.42. The fourth-order valence-electron chi connectivity index (χ4n) is 8.85. The van der Waals surface area contributed by atoms with Gasteiger partial charge < -0.3 is 90.0 Å². The van der Waals surface area contributed by atoms with E-state index in [0.29, 0.717) is 16.7 Å². The van der Waals surface area contributed by atoms with Crippen molar-refractivity contribution in [3.05, 3.63) is 89.5 Å². The molecular weight excluding hydrogens is 1090 g/mol. The summed E-state index contributed by atoms with van der Waals surface area (Å²) in [5.41, 5.74) is 17.7. The van der Waals surface area contributed by atoms with Gasteiger partial charge in [-0.05, 0) is 91.6 Å². The number of nitrogens with one attached hydrogen (secondary N) is 7. The van der Waals surface area contributed by atoms with Gasteiger partial charge in [0, 0.05) is 38.6 Å². The van der Waals surface area contributed by atoms with Crippen LogP contribution < -0.4 is 54.4 Å². The van der Waals surface area contributed by atoms with Crippen LogP contribution in [0.25, 0.3) is 0 Å². The first-order chi connectivity index (χ1) is 39.2. The summed E-state index contributed by atoms with van der Waals surface area (Å²) in [4.78, 5) is 149. The molecule has 1 aliphatic rings. The standard InChI is InChI=1S/C55H75N11O17/c1-4-28(2)45(64-49(76)38(24-30-7-13-33(69)14-8-30)60-48(75)37(20-22-44(58)73)59-47(74)36(56)19-21-43(57)72)53(80)63-41(27-67)51(78)62-40(26-32-11-17-35(71)18-12-32)54(81)66-23-5-6-42(66)52(79)61-39(25-31-9-15-34(70)16-10-31)50(77)65-46(29(3)68)55(82)83/h7-18,28-29,36-42,45-46,67-71H,4-6,19-27,56H2,1-3H3,(H2,57,72)(H2,58,73)(H,59,74)(H,60,75)(H,61,79)(H,62,78)(H,63,80)(H,64,76)(H,65,77)(H,82,83)/t28-,29+,36-,37-,38-,39-,40-,41-,42-,45-,46-/m0/s1. The molecule has 0 saturated carbocycles. The number of carboxylic acids is 1. The molecule has 0 spiro atoms. The summed E-state index contributed by atoms with van der Waals surface area (Å²) in [6.45, 7) is 3.33. The molecule has 452 valence electrons. The van der Waals surface area contributed by atoms with Gasteiger partial charge in [0.1, 0.15) is 59.5 Å². The predicted molar refractivity (Wildman–Crippen MR) is 294 cm³/mol. The zero-order chi connectivity index (χ0) is 61.7. The molecule has 19 N–H and O–H groups in total. The number of aliphatic hydroxyl groups excluding tert-OH is 2. The number of aliphatic carboxylic acids is 1. The highest BCUT2D eigenvalue weighted by atomic mass is 16.4. The Morgan fingerprint density at radius 2 is 0.964 bits per heavy atom. The summed E-state index contributed by atoms with van der Waals surface area (Å²) in [5.74, 6) is -11.8. The number of carboxylic acid groups (broad SMARTS) is 1. The van der Waals surface area contributed by atoms with E-state index in [1.54, 1.807) is 13.8 Å². The van der Waals surface area contributed by atoms with Gasteiger partial charge >= 0.3 is 5.97 Å². The Labute approximate surface area is 477 Å². The number of nitrogens with zero attached hydrogens (tertiary/aromatic N) is 1. The van der Waals surface area contributed by atoms with Crippen LogP contribution in [0.1, 0.15) is 82.4 Å². The number of carbonyl (C=O) groups excluding carboxylic acids is 10. The molecule has 1 aliphatic heterocycles. The summed E-state index contributed by atoms with van der Waals surface area (Å²) in [6.07, 6.45) is -2.94. The number of rotatable bonds is 32. The topological polar surface area (TPSA) is 475 Å². The molecule has 0 unspecified atom stereocenters. The molecule has 0 aromatic heterocycles. The van der Waals surface area contributed by atoms with Crippen LogP contribution in [0.4, 0.5) is 0 Å². The number of aliphatic hydroxyl groups is 2. The van der Waals surface area contributed by atoms with E-state index in [4.69, 9.17) is 17.2 Å². The number of phenols is 3. The second-order valence-corrected chi connectivity index (χ2v) is 20.3. The zero-order valence-corrected chi connectivity index (χ0v) is 46.1. The van der Waals surface area contributed by atoms with Crippen LogP contribution in [0.15, 0.2) is 72.8 Å². The molecule has 3 aromatic carbocycles. The molecular formula is C55H75N11O17. The third-order valence-corrected chi connectivity index (χ3v) is 13.9. The van der Waals surface area contributed by atoms with Gasteiger partial charge in [-0.2, -0.15) is 0 Å². The summed E-state index contributed by atoms with van der Waals surface area (Å²) >= 11 is 0. The Morgan fingerprint density at radius 1 is 0.554 bits per heavy atom. The number of hydrogen-bond acceptors (Lipinski definition) is 17. The van der Waals surface area contributed by atoms with Crippen LogP contribution in [-0.4, -0.2) is 174 Å². The highest BCUT2D eigenvalue weighted by Crippen LogP contribution is 2.22. The second kappa shape index (κ2) is 31.9. The molecule has 28 nitrogen and oxygen atoms in total. The van der Waals surface area contributed by atoms with Gasteiger partial charge in [0.2, 0.25) is 59.1 Å². The maximum atomic E-state index is 14.7. The molecule has 11 atom stereocenters. The van der Waals surface area contributed by atoms with E-state index in [1.807, 2.05) is 0 Å². The van der Waals surface area contributed by atoms with E-state index >= 15 is 0 Å². The molecule has 10 amide bonds. The van der Waals surface area contributed by atoms with Crippen molar-refractivity contribution in [2.45, 2.75) is 145 Å². The number of benzene rings is 3. The van der Waals surface area contributed by atoms with Crippen LogP contribution in [0.2, 0.25) is 0 Å². The number of phenolic OH excluding ortho intramolecular Hbond substituents is 3. The van der Waals surface area contributed by atoms with Crippen molar-refractivity contribution in [3.63, 3.8) is 0 Å². The van der Waals surface area contributed by atoms with E-state index in [-0.39, 0.29) is 81.6 Å². The monoisotopic (exact) mass is 1160 g/mol. The van der Waals surface area contributed by atoms with Gasteiger partial charge in [0.15, 0.2) is 6.04 Å². The molecule has 28 heteroatoms. The fraction of sp³-hybridized carbons (Fsp3) is 0.473. The number of nitrogens with two attached hydrogens (primary N) is 3. The van der Waals surface area contributed by atoms with Crippen molar-refractivity contribution >= 4 is 65.0 Å². The molecule has 1 fully saturated rings. The van der Waals surface area contributed by atoms with Crippen LogP contribution in [0.3, 0.4) is 0 Å². The zero-order valence-electron chi connectivity index (χ0n) is 46.1. The number of aromatic hydroxyl groups is 3. The third kappa shape index (κ3) is 20.9. The summed E-state index contributed by atoms with van der Waals surface area (Å²) in [6, 6.07) is 3.02. The third-order valence-electron chi connectivity index (χ3n) is 13.9. The second-order valence-electron chi connectivity index (χ2n) is 20.3. The van der Waals surface area contributed by atoms with Crippen molar-refractivity contribution in [1.29, 1.82) is 0 Å². The number of hydrogen-bond donors (Lipinski definition) is 16. The minimum absolute atomic E-state index is 0.0311. The number of primary amides is 2. The first-order valence-corrected chi connectivity index (χ1v) is 26.8. The lowest BCUT2D eigenvalue weighted by Gasteiger charge is -2.31. The molecule has 1 saturated heterocycles. The molecule has 0 aliphatic carbocycles. The Kier molecular flexibility index (Phi) is 25.6. The summed E-state index contributed by atoms with van der Waals surface area (Å²) < 4.78 is 0. The fourth-order valence-corrected chi connectivity index (χ4v) is 8.85. The van der Waals surface area contributed by atoms with Crippen LogP contribution in [-0.2, 0) is 72.0 Å². The van der Waals surface area contributed by atoms with Gasteiger partial charge in [0.25, 0.3) is 0 Å². The number of likely N-dealkylation sites (tertiary alicyclic amines) is 1. The van der Waals surface area contributed by atoms with Crippen molar-refractivity contribution in [3.8, 4) is 17.2 Å². The average molecular weight is 1160 g/mol. The summed E-state index contributed by atoms with van der Waals surface area (Å²) in [7, 11) is 0. The largest absolute Gasteiger partial charge is 0.508 e. The molecule has 0 bridgehead atoms. The van der Waals surface area contributed by atoms with Crippen LogP contribution in [0, 0.1) is 5.92 Å². The SMILES string of the molecule is CC[C@H](C)[C@H](NC(=O)[C@H](Cc1ccc(O)cc1)NC(=O)[C@H](CCC(N)=O)NC(=O)[C@@H](N)CCC(N)=O)C(=O)N[C@@H](CO)C(=O)N[C@@H](Cc1ccc(O)cc1)C(=O)N1CCC[C@H]1C(=O)N[C@@H](Cc1ccc(O)cc1)C(=O)N[C@H](C(=O)O)[C@@H](C)O. The van der Waals surface area contributed by atoms with Crippen LogP contribution >= 0.6 is 0 Å². The minimum Gasteiger partial charge on any atom is -0.508 e. The van der Waals surface area contributed by atoms with E-state index in [0.717, 1.165) is 11.8 Å². The van der Waals surface area contributed by atoms with E-state index < -0.39 is 144 Å². The highest BCUT2D eigenvalue weighted by molar-refractivity contribution is 5.99. The lowest BCUT2D eigenvalue weighted by molar-refractivity contribution is -0.145. The maximum absolute atomic E-state index is 14.7. The maximum Gasteiger partial charge on any atom is 0.328 e. The highest BCUT2D eigenvalue weighted by Gasteiger charge is 2.41. The van der Waals surface area contributed by atoms with E-state index in [1.165, 1.54) is 72.8 Å². The molecule has 4 rings (SSSR count). The van der Waals surface area contributed by atoms with E-state index in [9.17, 15) is 83.4 Å². The van der Waals surface area contributed by atoms with Crippen LogP contribution in [0.5, 0.6) is 17.2 Å². The average Bonchev–Trinajstić information content (AvgIpc) is 4.01. The lowest BCUT2D eigenvalue weighted by atomic mass is 9.96. The first-order valence-electron chi connectivity index (χ1n) is 26.8. The van der Waals surface area contributed by atoms with Crippen molar-refractivity contribution in [1.82, 2.24) is 42.1 Å². The van der Waals surface area contributed by atoms with Gasteiger partial charge in [-0.15, -0.1) is 0 Å². The normalized spacial score (nSPS) is 16.6. The summed E-state index contributed by atoms with van der Waals surface area (Å²) in [5, 5.41) is 77.5. The molecule has 83 heavy (non-hydrogen) atoms. The first kappa shape index (κ1) is 66.6. The van der Waals surface area contributed by atoms with E-state index in [2.05, 4.69) is 37.2 Å². The Morgan fingerprint density at radius 3 is 1.42 bits per heavy atom. The molecule has 3 aromatic rings.